The summed E-state index contributed by atoms with van der Waals surface area (Å²) in [5.41, 5.74) is 2.30. The zero-order chi connectivity index (χ0) is 20.1. The summed E-state index contributed by atoms with van der Waals surface area (Å²) in [6.07, 6.45) is 1.68. The van der Waals surface area contributed by atoms with Gasteiger partial charge in [-0.2, -0.15) is 0 Å². The van der Waals surface area contributed by atoms with Gasteiger partial charge in [-0.05, 0) is 48.5 Å². The standard InChI is InChI=1S/C22H19N3O4/c26-21(24-14-18-3-1-2-10-23-18)15-4-6-16(7-5-15)22(27)25-17-8-9-19-20(13-17)29-12-11-28-19/h1-10,13H,11-12,14H2,(H,24,26)(H,25,27). The number of carbonyl (C=O) groups excluding carboxylic acids is 2. The third kappa shape index (κ3) is 4.52. The van der Waals surface area contributed by atoms with Crippen molar-refractivity contribution in [1.29, 1.82) is 0 Å². The van der Waals surface area contributed by atoms with Crippen molar-refractivity contribution in [3.05, 3.63) is 83.7 Å². The van der Waals surface area contributed by atoms with Gasteiger partial charge in [0.1, 0.15) is 13.2 Å². The number of aromatic nitrogens is 1. The molecule has 2 amide bonds. The van der Waals surface area contributed by atoms with Gasteiger partial charge in [-0.15, -0.1) is 0 Å². The molecule has 1 aliphatic rings. The van der Waals surface area contributed by atoms with Crippen LogP contribution in [0.15, 0.2) is 66.9 Å². The fraction of sp³-hybridized carbons (Fsp3) is 0.136. The van der Waals surface area contributed by atoms with Crippen molar-refractivity contribution in [1.82, 2.24) is 10.3 Å². The van der Waals surface area contributed by atoms with Gasteiger partial charge in [0.2, 0.25) is 0 Å². The molecule has 2 N–H and O–H groups in total. The molecule has 0 radical (unpaired) electrons. The fourth-order valence-electron chi connectivity index (χ4n) is 2.87. The van der Waals surface area contributed by atoms with Crippen LogP contribution >= 0.6 is 0 Å². The maximum Gasteiger partial charge on any atom is 0.255 e. The van der Waals surface area contributed by atoms with Gasteiger partial charge in [0.15, 0.2) is 11.5 Å². The molecule has 7 nitrogen and oxygen atoms in total. The minimum atomic E-state index is -0.276. The average molecular weight is 389 g/mol. The van der Waals surface area contributed by atoms with Crippen LogP contribution in [-0.2, 0) is 6.54 Å². The number of amides is 2. The lowest BCUT2D eigenvalue weighted by atomic mass is 10.1. The van der Waals surface area contributed by atoms with Crippen LogP contribution in [0.1, 0.15) is 26.4 Å². The highest BCUT2D eigenvalue weighted by molar-refractivity contribution is 6.05. The summed E-state index contributed by atoms with van der Waals surface area (Å²) < 4.78 is 11.0. The van der Waals surface area contributed by atoms with Gasteiger partial charge in [-0.3, -0.25) is 14.6 Å². The molecule has 0 spiro atoms. The molecule has 7 heteroatoms. The number of nitrogens with one attached hydrogen (secondary N) is 2. The lowest BCUT2D eigenvalue weighted by Gasteiger charge is -2.19. The van der Waals surface area contributed by atoms with E-state index >= 15 is 0 Å². The Balaban J connectivity index is 1.37. The highest BCUT2D eigenvalue weighted by Crippen LogP contribution is 2.32. The van der Waals surface area contributed by atoms with Crippen molar-refractivity contribution in [3.8, 4) is 11.5 Å². The second-order valence-electron chi connectivity index (χ2n) is 6.39. The van der Waals surface area contributed by atoms with E-state index in [1.54, 1.807) is 48.7 Å². The molecular formula is C22H19N3O4. The van der Waals surface area contributed by atoms with Gasteiger partial charge in [0, 0.05) is 29.1 Å². The first-order valence-electron chi connectivity index (χ1n) is 9.18. The van der Waals surface area contributed by atoms with Gasteiger partial charge >= 0.3 is 0 Å². The molecule has 4 rings (SSSR count). The van der Waals surface area contributed by atoms with Crippen molar-refractivity contribution in [3.63, 3.8) is 0 Å². The zero-order valence-electron chi connectivity index (χ0n) is 15.6. The summed E-state index contributed by atoms with van der Waals surface area (Å²) in [6.45, 7) is 1.33. The molecule has 1 aliphatic heterocycles. The third-order valence-electron chi connectivity index (χ3n) is 4.37. The van der Waals surface area contributed by atoms with Crippen LogP contribution in [0, 0.1) is 0 Å². The molecule has 146 valence electrons. The van der Waals surface area contributed by atoms with Crippen LogP contribution < -0.4 is 20.1 Å². The van der Waals surface area contributed by atoms with E-state index < -0.39 is 0 Å². The Morgan fingerprint density at radius 1 is 0.862 bits per heavy atom. The maximum atomic E-state index is 12.5. The van der Waals surface area contributed by atoms with E-state index in [4.69, 9.17) is 9.47 Å². The van der Waals surface area contributed by atoms with Crippen LogP contribution in [0.5, 0.6) is 11.5 Å². The van der Waals surface area contributed by atoms with E-state index in [0.29, 0.717) is 48.1 Å². The SMILES string of the molecule is O=C(NCc1ccccn1)c1ccc(C(=O)Nc2ccc3c(c2)OCCO3)cc1. The lowest BCUT2D eigenvalue weighted by molar-refractivity contribution is 0.0948. The molecule has 0 bridgehead atoms. The van der Waals surface area contributed by atoms with Crippen LogP contribution in [0.2, 0.25) is 0 Å². The quantitative estimate of drug-likeness (QED) is 0.700. The number of anilines is 1. The number of hydrogen-bond donors (Lipinski definition) is 2. The molecule has 0 aliphatic carbocycles. The molecule has 0 unspecified atom stereocenters. The highest BCUT2D eigenvalue weighted by atomic mass is 16.6. The van der Waals surface area contributed by atoms with E-state index in [2.05, 4.69) is 15.6 Å². The number of benzene rings is 2. The first-order chi connectivity index (χ1) is 14.2. The Morgan fingerprint density at radius 3 is 2.31 bits per heavy atom. The normalized spacial score (nSPS) is 12.1. The van der Waals surface area contributed by atoms with E-state index in [9.17, 15) is 9.59 Å². The molecule has 1 aromatic heterocycles. The first-order valence-corrected chi connectivity index (χ1v) is 9.18. The lowest BCUT2D eigenvalue weighted by Crippen LogP contribution is -2.23. The number of carbonyl (C=O) groups is 2. The second kappa shape index (κ2) is 8.43. The summed E-state index contributed by atoms with van der Waals surface area (Å²) in [5, 5.41) is 5.63. The zero-order valence-corrected chi connectivity index (χ0v) is 15.6. The van der Waals surface area contributed by atoms with Crippen LogP contribution in [-0.4, -0.2) is 30.0 Å². The smallest absolute Gasteiger partial charge is 0.255 e. The highest BCUT2D eigenvalue weighted by Gasteiger charge is 2.14. The van der Waals surface area contributed by atoms with Crippen LogP contribution in [0.25, 0.3) is 0 Å². The Morgan fingerprint density at radius 2 is 1.59 bits per heavy atom. The van der Waals surface area contributed by atoms with Crippen molar-refractivity contribution in [2.75, 3.05) is 18.5 Å². The van der Waals surface area contributed by atoms with E-state index in [1.165, 1.54) is 0 Å². The summed E-state index contributed by atoms with van der Waals surface area (Å²) in [6, 6.07) is 17.2. The van der Waals surface area contributed by atoms with E-state index in [-0.39, 0.29) is 11.8 Å². The minimum absolute atomic E-state index is 0.227. The Hall–Kier alpha value is -3.87. The predicted octanol–water partition coefficient (Wildman–Crippen LogP) is 3.04. The Labute approximate surface area is 167 Å². The van der Waals surface area contributed by atoms with Crippen molar-refractivity contribution in [2.45, 2.75) is 6.54 Å². The Bertz CT molecular complexity index is 1020. The molecule has 2 heterocycles. The minimum Gasteiger partial charge on any atom is -0.486 e. The number of pyridine rings is 1. The van der Waals surface area contributed by atoms with Gasteiger partial charge in [0.05, 0.1) is 12.2 Å². The van der Waals surface area contributed by atoms with Crippen LogP contribution in [0.4, 0.5) is 5.69 Å². The van der Waals surface area contributed by atoms with Gasteiger partial charge in [-0.1, -0.05) is 6.07 Å². The largest absolute Gasteiger partial charge is 0.486 e. The molecule has 29 heavy (non-hydrogen) atoms. The monoisotopic (exact) mass is 389 g/mol. The number of fused-ring (bicyclic) bond motifs is 1. The topological polar surface area (TPSA) is 89.6 Å². The molecule has 0 saturated carbocycles. The van der Waals surface area contributed by atoms with Crippen molar-refractivity contribution in [2.24, 2.45) is 0 Å². The molecule has 3 aromatic rings. The third-order valence-corrected chi connectivity index (χ3v) is 4.37. The molecular weight excluding hydrogens is 370 g/mol. The summed E-state index contributed by atoms with van der Waals surface area (Å²) in [4.78, 5) is 28.9. The first kappa shape index (κ1) is 18.5. The summed E-state index contributed by atoms with van der Waals surface area (Å²) in [7, 11) is 0. The Kier molecular flexibility index (Phi) is 5.38. The predicted molar refractivity (Wildman–Crippen MR) is 107 cm³/mol. The molecule has 0 atom stereocenters. The van der Waals surface area contributed by atoms with Gasteiger partial charge in [-0.25, -0.2) is 0 Å². The van der Waals surface area contributed by atoms with E-state index in [1.807, 2.05) is 18.2 Å². The molecule has 0 saturated heterocycles. The number of rotatable bonds is 5. The average Bonchev–Trinajstić information content (AvgIpc) is 2.78. The van der Waals surface area contributed by atoms with Gasteiger partial charge in [0.25, 0.3) is 11.8 Å². The van der Waals surface area contributed by atoms with Crippen molar-refractivity contribution >= 4 is 17.5 Å². The summed E-state index contributed by atoms with van der Waals surface area (Å²) in [5.74, 6) is 0.765. The number of ether oxygens (including phenoxy) is 2. The summed E-state index contributed by atoms with van der Waals surface area (Å²) >= 11 is 0. The van der Waals surface area contributed by atoms with Crippen molar-refractivity contribution < 1.29 is 19.1 Å². The second-order valence-corrected chi connectivity index (χ2v) is 6.39. The molecule has 2 aromatic carbocycles. The fourth-order valence-corrected chi connectivity index (χ4v) is 2.87. The van der Waals surface area contributed by atoms with Gasteiger partial charge < -0.3 is 20.1 Å². The van der Waals surface area contributed by atoms with Crippen LogP contribution in [0.3, 0.4) is 0 Å². The maximum absolute atomic E-state index is 12.5. The molecule has 0 fully saturated rings. The van der Waals surface area contributed by atoms with E-state index in [0.717, 1.165) is 5.69 Å². The number of nitrogens with zero attached hydrogens (tertiary/aromatic N) is 1. The number of hydrogen-bond acceptors (Lipinski definition) is 5.